The van der Waals surface area contributed by atoms with Crippen LogP contribution < -0.4 is 0 Å². The maximum atomic E-state index is 10.4. The molecule has 1 heterocycles. The number of aromatic nitrogens is 2. The summed E-state index contributed by atoms with van der Waals surface area (Å²) < 4.78 is 1.91. The molecule has 0 aromatic carbocycles. The van der Waals surface area contributed by atoms with Crippen LogP contribution >= 0.6 is 0 Å². The fourth-order valence-electron chi connectivity index (χ4n) is 2.96. The van der Waals surface area contributed by atoms with Gasteiger partial charge in [-0.1, -0.05) is 32.6 Å². The van der Waals surface area contributed by atoms with Gasteiger partial charge in [-0.05, 0) is 18.3 Å². The Balaban J connectivity index is 2.10. The smallest absolute Gasteiger partial charge is 0.101 e. The molecular formula is C13H22N2O. The highest BCUT2D eigenvalue weighted by Crippen LogP contribution is 2.39. The van der Waals surface area contributed by atoms with E-state index in [1.165, 1.54) is 25.7 Å². The second kappa shape index (κ2) is 5.00. The summed E-state index contributed by atoms with van der Waals surface area (Å²) in [6, 6.07) is 0. The normalized spacial score (nSPS) is 27.9. The van der Waals surface area contributed by atoms with Gasteiger partial charge in [0.2, 0.25) is 0 Å². The number of hydrogen-bond acceptors (Lipinski definition) is 2. The maximum absolute atomic E-state index is 10.4. The first-order valence-corrected chi connectivity index (χ1v) is 6.38. The van der Waals surface area contributed by atoms with Crippen LogP contribution in [-0.2, 0) is 7.05 Å². The third-order valence-corrected chi connectivity index (χ3v) is 3.93. The highest BCUT2D eigenvalue weighted by Gasteiger charge is 2.31. The number of aliphatic hydroxyl groups is 1. The van der Waals surface area contributed by atoms with Gasteiger partial charge in [-0.25, -0.2) is 4.98 Å². The lowest BCUT2D eigenvalue weighted by Gasteiger charge is -2.33. The molecule has 3 unspecified atom stereocenters. The molecule has 3 nitrogen and oxygen atoms in total. The van der Waals surface area contributed by atoms with Gasteiger partial charge in [0, 0.05) is 13.2 Å². The van der Waals surface area contributed by atoms with Crippen molar-refractivity contribution < 1.29 is 5.11 Å². The lowest BCUT2D eigenvalue weighted by molar-refractivity contribution is 0.0424. The van der Waals surface area contributed by atoms with E-state index in [-0.39, 0.29) is 6.10 Å². The minimum Gasteiger partial charge on any atom is -0.386 e. The number of aliphatic hydroxyl groups excluding tert-OH is 1. The van der Waals surface area contributed by atoms with Crippen molar-refractivity contribution in [2.45, 2.75) is 45.1 Å². The van der Waals surface area contributed by atoms with Crippen LogP contribution in [0.3, 0.4) is 0 Å². The summed E-state index contributed by atoms with van der Waals surface area (Å²) >= 11 is 0. The average molecular weight is 222 g/mol. The Hall–Kier alpha value is -0.830. The number of imidazole rings is 1. The second-order valence-electron chi connectivity index (χ2n) is 5.03. The summed E-state index contributed by atoms with van der Waals surface area (Å²) in [4.78, 5) is 4.27. The topological polar surface area (TPSA) is 38.0 Å². The monoisotopic (exact) mass is 222 g/mol. The maximum Gasteiger partial charge on any atom is 0.101 e. The van der Waals surface area contributed by atoms with Crippen molar-refractivity contribution in [3.05, 3.63) is 18.2 Å². The van der Waals surface area contributed by atoms with E-state index in [1.807, 2.05) is 17.8 Å². The molecule has 1 fully saturated rings. The van der Waals surface area contributed by atoms with Crippen molar-refractivity contribution in [1.82, 2.24) is 9.55 Å². The minimum atomic E-state index is -0.369. The molecule has 1 aliphatic carbocycles. The molecule has 16 heavy (non-hydrogen) atoms. The Labute approximate surface area is 97.5 Å². The molecule has 0 amide bonds. The van der Waals surface area contributed by atoms with E-state index in [9.17, 15) is 5.11 Å². The predicted octanol–water partition coefficient (Wildman–Crippen LogP) is 2.67. The van der Waals surface area contributed by atoms with Crippen molar-refractivity contribution >= 4 is 0 Å². The Morgan fingerprint density at radius 3 is 2.88 bits per heavy atom. The van der Waals surface area contributed by atoms with Crippen LogP contribution in [0.15, 0.2) is 12.5 Å². The zero-order valence-corrected chi connectivity index (χ0v) is 10.3. The van der Waals surface area contributed by atoms with Crippen molar-refractivity contribution in [3.8, 4) is 0 Å². The van der Waals surface area contributed by atoms with Crippen LogP contribution in [0, 0.1) is 11.8 Å². The summed E-state index contributed by atoms with van der Waals surface area (Å²) in [5, 5.41) is 10.4. The molecule has 90 valence electrons. The number of hydrogen-bond donors (Lipinski definition) is 1. The summed E-state index contributed by atoms with van der Waals surface area (Å²) in [5.74, 6) is 1.08. The van der Waals surface area contributed by atoms with Crippen molar-refractivity contribution in [2.75, 3.05) is 0 Å². The van der Waals surface area contributed by atoms with Crippen LogP contribution in [0.1, 0.15) is 50.8 Å². The number of aryl methyl sites for hydroxylation is 1. The zero-order valence-electron chi connectivity index (χ0n) is 10.3. The van der Waals surface area contributed by atoms with Crippen LogP contribution in [0.4, 0.5) is 0 Å². The van der Waals surface area contributed by atoms with E-state index in [2.05, 4.69) is 11.9 Å². The van der Waals surface area contributed by atoms with Crippen LogP contribution in [0.2, 0.25) is 0 Å². The summed E-state index contributed by atoms with van der Waals surface area (Å²) in [6.07, 6.45) is 9.51. The van der Waals surface area contributed by atoms with Gasteiger partial charge < -0.3 is 9.67 Å². The molecule has 1 saturated carbocycles. The van der Waals surface area contributed by atoms with Crippen LogP contribution in [-0.4, -0.2) is 14.7 Å². The van der Waals surface area contributed by atoms with Gasteiger partial charge in [0.25, 0.3) is 0 Å². The third kappa shape index (κ3) is 2.29. The van der Waals surface area contributed by atoms with Gasteiger partial charge in [0.05, 0.1) is 12.0 Å². The standard InChI is InChI=1S/C13H22N2O/c1-3-10-6-4-5-7-11(10)13(16)12-8-15(2)9-14-12/h8-11,13,16H,3-7H2,1-2H3. The van der Waals surface area contributed by atoms with E-state index in [1.54, 1.807) is 6.33 Å². The predicted molar refractivity (Wildman–Crippen MR) is 63.9 cm³/mol. The van der Waals surface area contributed by atoms with E-state index < -0.39 is 0 Å². The number of rotatable bonds is 3. The zero-order chi connectivity index (χ0) is 11.5. The molecule has 0 saturated heterocycles. The summed E-state index contributed by atoms with van der Waals surface area (Å²) in [7, 11) is 1.95. The van der Waals surface area contributed by atoms with Gasteiger partial charge in [-0.2, -0.15) is 0 Å². The highest BCUT2D eigenvalue weighted by molar-refractivity contribution is 5.03. The van der Waals surface area contributed by atoms with Gasteiger partial charge in [-0.3, -0.25) is 0 Å². The molecule has 2 rings (SSSR count). The van der Waals surface area contributed by atoms with Crippen LogP contribution in [0.25, 0.3) is 0 Å². The molecule has 1 N–H and O–H groups in total. The van der Waals surface area contributed by atoms with Gasteiger partial charge in [0.1, 0.15) is 6.10 Å². The van der Waals surface area contributed by atoms with Gasteiger partial charge in [-0.15, -0.1) is 0 Å². The van der Waals surface area contributed by atoms with Crippen LogP contribution in [0.5, 0.6) is 0 Å². The minimum absolute atomic E-state index is 0.369. The second-order valence-corrected chi connectivity index (χ2v) is 5.03. The fraction of sp³-hybridized carbons (Fsp3) is 0.769. The third-order valence-electron chi connectivity index (χ3n) is 3.93. The molecule has 0 spiro atoms. The fourth-order valence-corrected chi connectivity index (χ4v) is 2.96. The molecule has 1 aliphatic rings. The quantitative estimate of drug-likeness (QED) is 0.853. The first-order chi connectivity index (χ1) is 7.72. The lowest BCUT2D eigenvalue weighted by atomic mass is 9.74. The summed E-state index contributed by atoms with van der Waals surface area (Å²) in [5.41, 5.74) is 0.841. The van der Waals surface area contributed by atoms with Crippen molar-refractivity contribution in [1.29, 1.82) is 0 Å². The Morgan fingerprint density at radius 1 is 1.50 bits per heavy atom. The van der Waals surface area contributed by atoms with Crippen molar-refractivity contribution in [2.24, 2.45) is 18.9 Å². The summed E-state index contributed by atoms with van der Waals surface area (Å²) in [6.45, 7) is 2.23. The average Bonchev–Trinajstić information content (AvgIpc) is 2.75. The molecule has 0 radical (unpaired) electrons. The first kappa shape index (κ1) is 11.6. The van der Waals surface area contributed by atoms with E-state index in [0.29, 0.717) is 11.8 Å². The highest BCUT2D eigenvalue weighted by atomic mass is 16.3. The van der Waals surface area contributed by atoms with E-state index in [4.69, 9.17) is 0 Å². The molecule has 1 aromatic heterocycles. The van der Waals surface area contributed by atoms with E-state index >= 15 is 0 Å². The molecule has 1 aromatic rings. The molecule has 3 heteroatoms. The molecule has 0 bridgehead atoms. The first-order valence-electron chi connectivity index (χ1n) is 6.38. The number of nitrogens with zero attached hydrogens (tertiary/aromatic N) is 2. The lowest BCUT2D eigenvalue weighted by Crippen LogP contribution is -2.25. The van der Waals surface area contributed by atoms with Gasteiger partial charge in [0.15, 0.2) is 0 Å². The SMILES string of the molecule is CCC1CCCCC1C(O)c1cn(C)cn1. The van der Waals surface area contributed by atoms with Gasteiger partial charge >= 0.3 is 0 Å². The van der Waals surface area contributed by atoms with E-state index in [0.717, 1.165) is 12.1 Å². The Kier molecular flexibility index (Phi) is 3.64. The Morgan fingerprint density at radius 2 is 2.25 bits per heavy atom. The largest absolute Gasteiger partial charge is 0.386 e. The Bertz CT molecular complexity index is 334. The molecule has 3 atom stereocenters. The molecule has 0 aliphatic heterocycles. The molecular weight excluding hydrogens is 200 g/mol. The van der Waals surface area contributed by atoms with Crippen molar-refractivity contribution in [3.63, 3.8) is 0 Å².